The van der Waals surface area contributed by atoms with Gasteiger partial charge in [-0.05, 0) is 12.5 Å². The third-order valence-electron chi connectivity index (χ3n) is 4.37. The largest absolute Gasteiger partial charge is 1.00 e. The first-order valence-corrected chi connectivity index (χ1v) is 9.91. The average molecular weight is 399 g/mol. The molecule has 0 aliphatic rings. The van der Waals surface area contributed by atoms with Crippen molar-refractivity contribution in [2.24, 2.45) is 0 Å². The van der Waals surface area contributed by atoms with Crippen LogP contribution < -0.4 is 17.0 Å². The van der Waals surface area contributed by atoms with E-state index in [4.69, 9.17) is 4.74 Å². The highest BCUT2D eigenvalue weighted by Crippen LogP contribution is 2.10. The third kappa shape index (κ3) is 11.6. The van der Waals surface area contributed by atoms with Gasteiger partial charge in [-0.2, -0.15) is 4.57 Å². The number of carbonyl (C=O) groups is 2. The van der Waals surface area contributed by atoms with Crippen molar-refractivity contribution in [2.75, 3.05) is 14.1 Å². The first-order valence-electron chi connectivity index (χ1n) is 9.91. The Morgan fingerprint density at radius 2 is 1.59 bits per heavy atom. The number of nitrogens with zero attached hydrogens (tertiary/aromatic N) is 2. The minimum atomic E-state index is -0.176. The van der Waals surface area contributed by atoms with E-state index in [9.17, 15) is 9.59 Å². The topological polar surface area (TPSA) is 50.5 Å². The van der Waals surface area contributed by atoms with E-state index in [0.717, 1.165) is 12.8 Å². The van der Waals surface area contributed by atoms with Crippen molar-refractivity contribution in [3.05, 3.63) is 30.1 Å². The van der Waals surface area contributed by atoms with Gasteiger partial charge >= 0.3 is 5.97 Å². The number of hydrogen-bond donors (Lipinski definition) is 0. The smallest absolute Gasteiger partial charge is 0.310 e. The standard InChI is InChI=1S/C21H35N2O3.ClH/c1-4-5-6-7-8-9-10-11-12-15-20(24)26-18-23-16-13-14-19(17-23)21(25)22(2)3;/h13-14,16-17H,4-12,15,18H2,1-3H3;1H/q+1;/p-1. The molecular weight excluding hydrogens is 364 g/mol. The van der Waals surface area contributed by atoms with E-state index in [1.807, 2.05) is 0 Å². The van der Waals surface area contributed by atoms with Crippen molar-refractivity contribution in [1.82, 2.24) is 4.90 Å². The summed E-state index contributed by atoms with van der Waals surface area (Å²) in [6.45, 7) is 2.38. The summed E-state index contributed by atoms with van der Waals surface area (Å²) in [6.07, 6.45) is 15.0. The maximum atomic E-state index is 11.9. The van der Waals surface area contributed by atoms with Gasteiger partial charge in [-0.1, -0.05) is 58.3 Å². The van der Waals surface area contributed by atoms with Gasteiger partial charge in [-0.25, -0.2) is 0 Å². The highest BCUT2D eigenvalue weighted by Gasteiger charge is 2.13. The molecule has 0 aliphatic heterocycles. The number of unbranched alkanes of at least 4 members (excludes halogenated alkanes) is 8. The summed E-state index contributed by atoms with van der Waals surface area (Å²) in [5.74, 6) is -0.245. The second kappa shape index (κ2) is 15.4. The number of esters is 1. The Hall–Kier alpha value is -1.62. The fourth-order valence-electron chi connectivity index (χ4n) is 2.79. The summed E-state index contributed by atoms with van der Waals surface area (Å²) in [5.41, 5.74) is 0.576. The molecule has 0 saturated heterocycles. The molecule has 0 radical (unpaired) electrons. The first kappa shape index (κ1) is 25.4. The summed E-state index contributed by atoms with van der Waals surface area (Å²) in [4.78, 5) is 25.3. The van der Waals surface area contributed by atoms with Crippen LogP contribution in [0.25, 0.3) is 0 Å². The van der Waals surface area contributed by atoms with Gasteiger partial charge in [0.05, 0.1) is 0 Å². The van der Waals surface area contributed by atoms with E-state index in [-0.39, 0.29) is 31.0 Å². The quantitative estimate of drug-likeness (QED) is 0.284. The monoisotopic (exact) mass is 398 g/mol. The minimum Gasteiger partial charge on any atom is -1.00 e. The number of ether oxygens (including phenoxy) is 1. The molecule has 1 heterocycles. The van der Waals surface area contributed by atoms with Crippen LogP contribution in [0, 0.1) is 0 Å². The molecule has 0 atom stereocenters. The van der Waals surface area contributed by atoms with Gasteiger partial charge in [0.2, 0.25) is 0 Å². The molecule has 0 aromatic carbocycles. The Morgan fingerprint density at radius 3 is 2.19 bits per heavy atom. The van der Waals surface area contributed by atoms with Gasteiger partial charge in [-0.3, -0.25) is 9.59 Å². The molecule has 0 aliphatic carbocycles. The van der Waals surface area contributed by atoms with Crippen LogP contribution in [0.1, 0.15) is 81.5 Å². The van der Waals surface area contributed by atoms with Crippen LogP contribution in [0.2, 0.25) is 0 Å². The zero-order chi connectivity index (χ0) is 19.2. The van der Waals surface area contributed by atoms with Crippen LogP contribution >= 0.6 is 0 Å². The normalized spacial score (nSPS) is 10.2. The Kier molecular flexibility index (Phi) is 14.5. The Balaban J connectivity index is 0.00000676. The zero-order valence-corrected chi connectivity index (χ0v) is 17.8. The number of rotatable bonds is 13. The number of aromatic nitrogens is 1. The lowest BCUT2D eigenvalue weighted by Crippen LogP contribution is -3.00. The highest BCUT2D eigenvalue weighted by atomic mass is 35.5. The van der Waals surface area contributed by atoms with Crippen molar-refractivity contribution in [3.63, 3.8) is 0 Å². The summed E-state index contributed by atoms with van der Waals surface area (Å²) >= 11 is 0. The first-order chi connectivity index (χ1) is 12.5. The molecule has 6 heteroatoms. The molecule has 0 unspecified atom stereocenters. The Labute approximate surface area is 170 Å². The predicted octanol–water partition coefficient (Wildman–Crippen LogP) is 1.10. The second-order valence-electron chi connectivity index (χ2n) is 7.03. The van der Waals surface area contributed by atoms with Crippen LogP contribution in [-0.2, 0) is 16.3 Å². The Morgan fingerprint density at radius 1 is 1.00 bits per heavy atom. The molecule has 0 spiro atoms. The van der Waals surface area contributed by atoms with Gasteiger partial charge in [0.15, 0.2) is 12.4 Å². The number of hydrogen-bond acceptors (Lipinski definition) is 3. The lowest BCUT2D eigenvalue weighted by molar-refractivity contribution is -0.727. The molecule has 0 saturated carbocycles. The molecule has 1 aromatic heterocycles. The number of halogens is 1. The van der Waals surface area contributed by atoms with Crippen molar-refractivity contribution >= 4 is 11.9 Å². The fourth-order valence-corrected chi connectivity index (χ4v) is 2.79. The summed E-state index contributed by atoms with van der Waals surface area (Å²) in [7, 11) is 3.43. The maximum Gasteiger partial charge on any atom is 0.310 e. The van der Waals surface area contributed by atoms with Crippen molar-refractivity contribution in [1.29, 1.82) is 0 Å². The molecule has 1 aromatic rings. The van der Waals surface area contributed by atoms with Crippen molar-refractivity contribution in [3.8, 4) is 0 Å². The van der Waals surface area contributed by atoms with E-state index in [1.165, 1.54) is 49.8 Å². The van der Waals surface area contributed by atoms with Crippen LogP contribution in [0.15, 0.2) is 24.5 Å². The van der Waals surface area contributed by atoms with E-state index in [1.54, 1.807) is 43.2 Å². The summed E-state index contributed by atoms with van der Waals surface area (Å²) in [6, 6.07) is 3.54. The molecule has 5 nitrogen and oxygen atoms in total. The molecule has 0 N–H and O–H groups in total. The molecule has 0 bridgehead atoms. The number of pyridine rings is 1. The summed E-state index contributed by atoms with van der Waals surface area (Å²) in [5, 5.41) is 0. The van der Waals surface area contributed by atoms with Crippen LogP contribution in [0.4, 0.5) is 0 Å². The minimum absolute atomic E-state index is 0. The predicted molar refractivity (Wildman–Crippen MR) is 103 cm³/mol. The van der Waals surface area contributed by atoms with Crippen LogP contribution in [0.3, 0.4) is 0 Å². The maximum absolute atomic E-state index is 11.9. The molecule has 0 fully saturated rings. The number of amides is 1. The van der Waals surface area contributed by atoms with E-state index >= 15 is 0 Å². The van der Waals surface area contributed by atoms with Gasteiger partial charge in [0.1, 0.15) is 5.56 Å². The lowest BCUT2D eigenvalue weighted by Gasteiger charge is -2.09. The molecule has 1 rings (SSSR count). The second-order valence-corrected chi connectivity index (χ2v) is 7.03. The van der Waals surface area contributed by atoms with Crippen molar-refractivity contribution < 1.29 is 31.3 Å². The van der Waals surface area contributed by atoms with E-state index < -0.39 is 0 Å². The Bertz CT molecular complexity index is 550. The average Bonchev–Trinajstić information content (AvgIpc) is 2.64. The summed E-state index contributed by atoms with van der Waals surface area (Å²) < 4.78 is 7.01. The van der Waals surface area contributed by atoms with E-state index in [0.29, 0.717) is 12.0 Å². The van der Waals surface area contributed by atoms with Gasteiger partial charge in [0.25, 0.3) is 12.6 Å². The van der Waals surface area contributed by atoms with Crippen LogP contribution in [-0.4, -0.2) is 30.9 Å². The molecule has 27 heavy (non-hydrogen) atoms. The zero-order valence-electron chi connectivity index (χ0n) is 17.1. The molecule has 154 valence electrons. The van der Waals surface area contributed by atoms with Gasteiger partial charge < -0.3 is 22.0 Å². The van der Waals surface area contributed by atoms with Crippen molar-refractivity contribution in [2.45, 2.75) is 77.9 Å². The van der Waals surface area contributed by atoms with Gasteiger partial charge in [0, 0.05) is 26.6 Å². The van der Waals surface area contributed by atoms with Gasteiger partial charge in [-0.15, -0.1) is 0 Å². The third-order valence-corrected chi connectivity index (χ3v) is 4.37. The molecular formula is C21H35ClN2O3. The SMILES string of the molecule is CCCCCCCCCCCC(=O)OC[n+]1cccc(C(=O)N(C)C)c1.[Cl-]. The molecule has 1 amide bonds. The highest BCUT2D eigenvalue weighted by molar-refractivity contribution is 5.93. The van der Waals surface area contributed by atoms with Crippen LogP contribution in [0.5, 0.6) is 0 Å². The number of carbonyl (C=O) groups excluding carboxylic acids is 2. The fraction of sp³-hybridized carbons (Fsp3) is 0.667. The van der Waals surface area contributed by atoms with E-state index in [2.05, 4.69) is 6.92 Å². The lowest BCUT2D eigenvalue weighted by atomic mass is 10.1.